The maximum absolute atomic E-state index is 12.9. The normalized spacial score (nSPS) is 12.5. The molecule has 0 radical (unpaired) electrons. The van der Waals surface area contributed by atoms with E-state index in [2.05, 4.69) is 29.8 Å². The molecule has 0 unspecified atom stereocenters. The largest absolute Gasteiger partial charge is 0.460 e. The second-order valence-electron chi connectivity index (χ2n) is 4.89. The summed E-state index contributed by atoms with van der Waals surface area (Å²) in [5, 5.41) is 5.51. The first-order valence-electron chi connectivity index (χ1n) is 6.84. The molecule has 0 aliphatic carbocycles. The second kappa shape index (κ2) is 6.24. The molecule has 0 aliphatic heterocycles. The Morgan fingerprint density at radius 3 is 2.67 bits per heavy atom. The van der Waals surface area contributed by atoms with Crippen LogP contribution in [-0.4, -0.2) is 0 Å². The summed E-state index contributed by atoms with van der Waals surface area (Å²) in [5.41, 5.74) is 0.883. The van der Waals surface area contributed by atoms with Gasteiger partial charge < -0.3 is 9.73 Å². The minimum absolute atomic E-state index is 0.239. The van der Waals surface area contributed by atoms with E-state index in [0.717, 1.165) is 17.1 Å². The molecule has 0 amide bonds. The number of benzene rings is 1. The van der Waals surface area contributed by atoms with Gasteiger partial charge >= 0.3 is 0 Å². The Balaban J connectivity index is 1.64. The van der Waals surface area contributed by atoms with Gasteiger partial charge in [-0.3, -0.25) is 0 Å². The average Bonchev–Trinajstić information content (AvgIpc) is 3.17. The van der Waals surface area contributed by atoms with Crippen molar-refractivity contribution >= 4 is 11.3 Å². The van der Waals surface area contributed by atoms with Crippen LogP contribution in [0.3, 0.4) is 0 Å². The highest BCUT2D eigenvalue weighted by molar-refractivity contribution is 7.10. The van der Waals surface area contributed by atoms with E-state index in [0.29, 0.717) is 12.6 Å². The van der Waals surface area contributed by atoms with Crippen molar-refractivity contribution in [2.75, 3.05) is 0 Å². The lowest BCUT2D eigenvalue weighted by molar-refractivity contribution is 0.470. The van der Waals surface area contributed by atoms with Gasteiger partial charge in [-0.25, -0.2) is 4.39 Å². The van der Waals surface area contributed by atoms with Crippen molar-refractivity contribution in [2.24, 2.45) is 0 Å². The van der Waals surface area contributed by atoms with Crippen LogP contribution in [0.5, 0.6) is 0 Å². The summed E-state index contributed by atoms with van der Waals surface area (Å²) in [7, 11) is 0. The van der Waals surface area contributed by atoms with E-state index in [4.69, 9.17) is 4.42 Å². The van der Waals surface area contributed by atoms with Gasteiger partial charge in [0.1, 0.15) is 17.3 Å². The van der Waals surface area contributed by atoms with E-state index in [9.17, 15) is 4.39 Å². The third-order valence-electron chi connectivity index (χ3n) is 3.34. The van der Waals surface area contributed by atoms with E-state index in [-0.39, 0.29) is 5.82 Å². The van der Waals surface area contributed by atoms with Crippen molar-refractivity contribution < 1.29 is 8.81 Å². The summed E-state index contributed by atoms with van der Waals surface area (Å²) in [6.07, 6.45) is 0. The van der Waals surface area contributed by atoms with Crippen LogP contribution in [0.15, 0.2) is 58.3 Å². The number of hydrogen-bond donors (Lipinski definition) is 1. The van der Waals surface area contributed by atoms with Crippen LogP contribution in [0.2, 0.25) is 0 Å². The molecule has 2 aromatic heterocycles. The van der Waals surface area contributed by atoms with E-state index in [1.54, 1.807) is 23.5 Å². The monoisotopic (exact) mass is 301 g/mol. The predicted octanol–water partition coefficient (Wildman–Crippen LogP) is 5.00. The van der Waals surface area contributed by atoms with Crippen LogP contribution in [0.25, 0.3) is 11.3 Å². The van der Waals surface area contributed by atoms with Gasteiger partial charge in [0.25, 0.3) is 0 Å². The molecule has 0 bridgehead atoms. The first kappa shape index (κ1) is 14.0. The first-order valence-corrected chi connectivity index (χ1v) is 7.72. The Morgan fingerprint density at radius 2 is 1.95 bits per heavy atom. The molecule has 108 valence electrons. The Morgan fingerprint density at radius 1 is 1.14 bits per heavy atom. The van der Waals surface area contributed by atoms with E-state index >= 15 is 0 Å². The van der Waals surface area contributed by atoms with Crippen LogP contribution >= 0.6 is 11.3 Å². The molecule has 0 fully saturated rings. The van der Waals surface area contributed by atoms with E-state index < -0.39 is 0 Å². The Hall–Kier alpha value is -1.91. The summed E-state index contributed by atoms with van der Waals surface area (Å²) in [4.78, 5) is 1.31. The smallest absolute Gasteiger partial charge is 0.134 e. The van der Waals surface area contributed by atoms with Crippen LogP contribution in [0.1, 0.15) is 23.6 Å². The Kier molecular flexibility index (Phi) is 4.18. The Labute approximate surface area is 127 Å². The number of rotatable bonds is 5. The van der Waals surface area contributed by atoms with Crippen molar-refractivity contribution in [3.8, 4) is 11.3 Å². The molecule has 0 spiro atoms. The Bertz CT molecular complexity index is 688. The summed E-state index contributed by atoms with van der Waals surface area (Å²) in [6.45, 7) is 2.80. The van der Waals surface area contributed by atoms with E-state index in [1.807, 2.05) is 12.1 Å². The molecule has 1 aromatic carbocycles. The molecular formula is C17H16FNOS. The number of thiophene rings is 1. The van der Waals surface area contributed by atoms with Crippen LogP contribution in [0, 0.1) is 5.82 Å². The molecule has 2 nitrogen and oxygen atoms in total. The third kappa shape index (κ3) is 3.40. The molecule has 0 aliphatic rings. The lowest BCUT2D eigenvalue weighted by Crippen LogP contribution is -2.16. The maximum Gasteiger partial charge on any atom is 0.134 e. The number of halogens is 1. The molecule has 1 N–H and O–H groups in total. The van der Waals surface area contributed by atoms with Crippen molar-refractivity contribution in [2.45, 2.75) is 19.5 Å². The van der Waals surface area contributed by atoms with Gasteiger partial charge in [-0.05, 0) is 54.8 Å². The maximum atomic E-state index is 12.9. The second-order valence-corrected chi connectivity index (χ2v) is 5.87. The fourth-order valence-corrected chi connectivity index (χ4v) is 2.89. The molecule has 3 aromatic rings. The van der Waals surface area contributed by atoms with Crippen molar-refractivity contribution in [1.29, 1.82) is 0 Å². The van der Waals surface area contributed by atoms with Gasteiger partial charge in [0.05, 0.1) is 6.54 Å². The third-order valence-corrected chi connectivity index (χ3v) is 4.40. The number of hydrogen-bond acceptors (Lipinski definition) is 3. The van der Waals surface area contributed by atoms with Crippen molar-refractivity contribution in [1.82, 2.24) is 5.32 Å². The highest BCUT2D eigenvalue weighted by Gasteiger charge is 2.08. The van der Waals surface area contributed by atoms with Gasteiger partial charge in [-0.15, -0.1) is 11.3 Å². The van der Waals surface area contributed by atoms with Crippen molar-refractivity contribution in [3.63, 3.8) is 0 Å². The van der Waals surface area contributed by atoms with Gasteiger partial charge in [0.15, 0.2) is 0 Å². The predicted molar refractivity (Wildman–Crippen MR) is 83.7 cm³/mol. The van der Waals surface area contributed by atoms with E-state index in [1.165, 1.54) is 17.0 Å². The lowest BCUT2D eigenvalue weighted by atomic mass is 10.2. The summed E-state index contributed by atoms with van der Waals surface area (Å²) in [5.74, 6) is 1.39. The van der Waals surface area contributed by atoms with Gasteiger partial charge in [0, 0.05) is 16.5 Å². The first-order chi connectivity index (χ1) is 10.2. The summed E-state index contributed by atoms with van der Waals surface area (Å²) >= 11 is 1.74. The minimum atomic E-state index is -0.239. The molecule has 0 saturated heterocycles. The van der Waals surface area contributed by atoms with Gasteiger partial charge in [-0.1, -0.05) is 6.07 Å². The van der Waals surface area contributed by atoms with Crippen LogP contribution in [-0.2, 0) is 6.54 Å². The summed E-state index contributed by atoms with van der Waals surface area (Å²) in [6, 6.07) is 14.7. The molecule has 2 heterocycles. The standard InChI is InChI=1S/C17H16FNOS/c1-12(17-3-2-10-21-17)19-11-15-8-9-16(20-15)13-4-6-14(18)7-5-13/h2-10,12,19H,11H2,1H3/t12-/m0/s1. The van der Waals surface area contributed by atoms with Crippen molar-refractivity contribution in [3.05, 3.63) is 70.4 Å². The fraction of sp³-hybridized carbons (Fsp3) is 0.176. The summed E-state index contributed by atoms with van der Waals surface area (Å²) < 4.78 is 18.7. The topological polar surface area (TPSA) is 25.2 Å². The lowest BCUT2D eigenvalue weighted by Gasteiger charge is -2.10. The van der Waals surface area contributed by atoms with Crippen LogP contribution in [0.4, 0.5) is 4.39 Å². The van der Waals surface area contributed by atoms with Crippen LogP contribution < -0.4 is 5.32 Å². The molecule has 0 saturated carbocycles. The molecule has 21 heavy (non-hydrogen) atoms. The highest BCUT2D eigenvalue weighted by atomic mass is 32.1. The quantitative estimate of drug-likeness (QED) is 0.717. The molecule has 4 heteroatoms. The van der Waals surface area contributed by atoms with Gasteiger partial charge in [0.2, 0.25) is 0 Å². The number of furan rings is 1. The average molecular weight is 301 g/mol. The molecule has 3 rings (SSSR count). The SMILES string of the molecule is C[C@H](NCc1ccc(-c2ccc(F)cc2)o1)c1cccs1. The highest BCUT2D eigenvalue weighted by Crippen LogP contribution is 2.23. The zero-order valence-electron chi connectivity index (χ0n) is 11.7. The molecular weight excluding hydrogens is 285 g/mol. The fourth-order valence-electron chi connectivity index (χ4n) is 2.13. The zero-order valence-corrected chi connectivity index (χ0v) is 12.5. The zero-order chi connectivity index (χ0) is 14.7. The van der Waals surface area contributed by atoms with Gasteiger partial charge in [-0.2, -0.15) is 0 Å². The number of nitrogens with one attached hydrogen (secondary N) is 1. The molecule has 1 atom stereocenters. The minimum Gasteiger partial charge on any atom is -0.460 e.